The van der Waals surface area contributed by atoms with Gasteiger partial charge in [-0.2, -0.15) is 4.52 Å². The number of carbonyl (C=O) groups is 1. The number of hydrogen-bond donors (Lipinski definition) is 2. The highest BCUT2D eigenvalue weighted by molar-refractivity contribution is 5.96. The van der Waals surface area contributed by atoms with Gasteiger partial charge in [-0.05, 0) is 43.5 Å². The second kappa shape index (κ2) is 7.29. The van der Waals surface area contributed by atoms with Gasteiger partial charge < -0.3 is 15.4 Å². The second-order valence-corrected chi connectivity index (χ2v) is 7.44. The van der Waals surface area contributed by atoms with Crippen molar-refractivity contribution in [3.05, 3.63) is 48.0 Å². The molecule has 3 heterocycles. The van der Waals surface area contributed by atoms with E-state index in [0.29, 0.717) is 24.0 Å². The van der Waals surface area contributed by atoms with Gasteiger partial charge in [-0.25, -0.2) is 9.97 Å². The maximum atomic E-state index is 12.3. The Kier molecular flexibility index (Phi) is 4.46. The summed E-state index contributed by atoms with van der Waals surface area (Å²) in [5, 5.41) is 11.9. The lowest BCUT2D eigenvalue weighted by molar-refractivity contribution is -0.123. The SMILES string of the molecule is COc1cccc(-c2nc3c4c(C)cccc4nc(N[C@H]4CCCNC4=O)n3n2)c1. The molecule has 0 spiro atoms. The monoisotopic (exact) mass is 402 g/mol. The Morgan fingerprint density at radius 2 is 2.07 bits per heavy atom. The largest absolute Gasteiger partial charge is 0.497 e. The van der Waals surface area contributed by atoms with Crippen molar-refractivity contribution in [1.82, 2.24) is 24.9 Å². The molecule has 2 aromatic carbocycles. The van der Waals surface area contributed by atoms with Crippen LogP contribution < -0.4 is 15.4 Å². The van der Waals surface area contributed by atoms with Gasteiger partial charge in [0.2, 0.25) is 11.9 Å². The number of piperidine rings is 1. The summed E-state index contributed by atoms with van der Waals surface area (Å²) in [6.45, 7) is 2.74. The summed E-state index contributed by atoms with van der Waals surface area (Å²) < 4.78 is 7.04. The van der Waals surface area contributed by atoms with E-state index in [4.69, 9.17) is 19.8 Å². The van der Waals surface area contributed by atoms with Crippen molar-refractivity contribution in [2.24, 2.45) is 0 Å². The van der Waals surface area contributed by atoms with Crippen LogP contribution in [-0.4, -0.2) is 45.2 Å². The molecule has 0 aliphatic carbocycles. The lowest BCUT2D eigenvalue weighted by Crippen LogP contribution is -2.44. The Morgan fingerprint density at radius 3 is 2.90 bits per heavy atom. The smallest absolute Gasteiger partial charge is 0.242 e. The molecule has 0 unspecified atom stereocenters. The number of hydrogen-bond acceptors (Lipinski definition) is 6. The van der Waals surface area contributed by atoms with E-state index in [1.54, 1.807) is 11.6 Å². The number of aromatic nitrogens is 4. The number of rotatable bonds is 4. The lowest BCUT2D eigenvalue weighted by Gasteiger charge is -2.23. The first kappa shape index (κ1) is 18.4. The fraction of sp³-hybridized carbons (Fsp3) is 0.273. The summed E-state index contributed by atoms with van der Waals surface area (Å²) in [6, 6.07) is 13.3. The average molecular weight is 402 g/mol. The van der Waals surface area contributed by atoms with Crippen molar-refractivity contribution >= 4 is 28.4 Å². The molecule has 0 radical (unpaired) electrons. The quantitative estimate of drug-likeness (QED) is 0.545. The van der Waals surface area contributed by atoms with Crippen LogP contribution in [-0.2, 0) is 4.79 Å². The summed E-state index contributed by atoms with van der Waals surface area (Å²) in [7, 11) is 1.63. The highest BCUT2D eigenvalue weighted by Gasteiger charge is 2.24. The number of amides is 1. The minimum absolute atomic E-state index is 0.0197. The fourth-order valence-corrected chi connectivity index (χ4v) is 3.86. The number of aryl methyl sites for hydroxylation is 1. The van der Waals surface area contributed by atoms with Crippen LogP contribution in [0.4, 0.5) is 5.95 Å². The van der Waals surface area contributed by atoms with Crippen molar-refractivity contribution in [2.45, 2.75) is 25.8 Å². The Labute approximate surface area is 173 Å². The number of nitrogens with one attached hydrogen (secondary N) is 2. The molecule has 152 valence electrons. The first-order valence-corrected chi connectivity index (χ1v) is 9.99. The normalized spacial score (nSPS) is 16.6. The number of methoxy groups -OCH3 is 1. The van der Waals surface area contributed by atoms with Crippen LogP contribution in [0.3, 0.4) is 0 Å². The number of ether oxygens (including phenoxy) is 1. The topological polar surface area (TPSA) is 93.4 Å². The van der Waals surface area contributed by atoms with Crippen molar-refractivity contribution in [3.63, 3.8) is 0 Å². The van der Waals surface area contributed by atoms with Crippen LogP contribution >= 0.6 is 0 Å². The molecule has 5 rings (SSSR count). The third-order valence-corrected chi connectivity index (χ3v) is 5.43. The summed E-state index contributed by atoms with van der Waals surface area (Å²) in [4.78, 5) is 21.9. The third kappa shape index (κ3) is 3.10. The molecule has 1 aliphatic heterocycles. The molecule has 2 N–H and O–H groups in total. The van der Waals surface area contributed by atoms with E-state index in [9.17, 15) is 4.79 Å². The Bertz CT molecular complexity index is 1270. The van der Waals surface area contributed by atoms with E-state index in [2.05, 4.69) is 10.6 Å². The number of fused-ring (bicyclic) bond motifs is 3. The minimum Gasteiger partial charge on any atom is -0.497 e. The Morgan fingerprint density at radius 1 is 1.20 bits per heavy atom. The van der Waals surface area contributed by atoms with Gasteiger partial charge in [0.1, 0.15) is 11.8 Å². The minimum atomic E-state index is -0.346. The number of carbonyl (C=O) groups excluding carboxylic acids is 1. The lowest BCUT2D eigenvalue weighted by atomic mass is 10.1. The van der Waals surface area contributed by atoms with Crippen molar-refractivity contribution < 1.29 is 9.53 Å². The van der Waals surface area contributed by atoms with E-state index in [1.807, 2.05) is 49.4 Å². The van der Waals surface area contributed by atoms with E-state index >= 15 is 0 Å². The summed E-state index contributed by atoms with van der Waals surface area (Å²) in [5.74, 6) is 1.80. The van der Waals surface area contributed by atoms with Crippen LogP contribution in [0.25, 0.3) is 27.9 Å². The maximum absolute atomic E-state index is 12.3. The molecular weight excluding hydrogens is 380 g/mol. The molecule has 8 nitrogen and oxygen atoms in total. The Balaban J connectivity index is 1.70. The van der Waals surface area contributed by atoms with Crippen LogP contribution in [0.1, 0.15) is 18.4 Å². The molecule has 0 saturated carbocycles. The molecule has 0 bridgehead atoms. The van der Waals surface area contributed by atoms with Gasteiger partial charge in [-0.15, -0.1) is 5.10 Å². The fourth-order valence-electron chi connectivity index (χ4n) is 3.86. The van der Waals surface area contributed by atoms with E-state index in [0.717, 1.165) is 40.6 Å². The summed E-state index contributed by atoms with van der Waals surface area (Å²) in [5.41, 5.74) is 3.43. The van der Waals surface area contributed by atoms with E-state index in [1.165, 1.54) is 0 Å². The van der Waals surface area contributed by atoms with E-state index in [-0.39, 0.29) is 11.9 Å². The molecule has 8 heteroatoms. The zero-order chi connectivity index (χ0) is 20.7. The molecule has 30 heavy (non-hydrogen) atoms. The predicted octanol–water partition coefficient (Wildman–Crippen LogP) is 2.95. The second-order valence-electron chi connectivity index (χ2n) is 7.44. The van der Waals surface area contributed by atoms with Gasteiger partial charge in [-0.1, -0.05) is 24.3 Å². The van der Waals surface area contributed by atoms with Crippen molar-refractivity contribution in [2.75, 3.05) is 19.0 Å². The summed E-state index contributed by atoms with van der Waals surface area (Å²) in [6.07, 6.45) is 1.67. The highest BCUT2D eigenvalue weighted by atomic mass is 16.5. The standard InChI is InChI=1S/C22H22N6O2/c1-13-6-3-9-16-18(13)20-26-19(14-7-4-8-15(12-14)30-2)27-28(20)22(24-16)25-17-10-5-11-23-21(17)29/h3-4,6-9,12,17H,5,10-11H2,1-2H3,(H,23,29)(H,24,25)/t17-/m0/s1. The van der Waals surface area contributed by atoms with Gasteiger partial charge >= 0.3 is 0 Å². The van der Waals surface area contributed by atoms with Gasteiger partial charge in [0, 0.05) is 17.5 Å². The number of benzene rings is 2. The van der Waals surface area contributed by atoms with Crippen molar-refractivity contribution in [1.29, 1.82) is 0 Å². The first-order valence-electron chi connectivity index (χ1n) is 9.99. The third-order valence-electron chi connectivity index (χ3n) is 5.43. The maximum Gasteiger partial charge on any atom is 0.242 e. The molecule has 2 aromatic heterocycles. The summed E-state index contributed by atoms with van der Waals surface area (Å²) >= 11 is 0. The van der Waals surface area contributed by atoms with Gasteiger partial charge in [0.15, 0.2) is 11.5 Å². The molecule has 1 aliphatic rings. The van der Waals surface area contributed by atoms with Crippen LogP contribution in [0.15, 0.2) is 42.5 Å². The van der Waals surface area contributed by atoms with Crippen LogP contribution in [0.5, 0.6) is 5.75 Å². The molecular formula is C22H22N6O2. The predicted molar refractivity (Wildman–Crippen MR) is 115 cm³/mol. The zero-order valence-electron chi connectivity index (χ0n) is 16.8. The van der Waals surface area contributed by atoms with Gasteiger partial charge in [0.05, 0.1) is 12.6 Å². The highest BCUT2D eigenvalue weighted by Crippen LogP contribution is 2.28. The van der Waals surface area contributed by atoms with Crippen LogP contribution in [0, 0.1) is 6.92 Å². The van der Waals surface area contributed by atoms with Crippen molar-refractivity contribution in [3.8, 4) is 17.1 Å². The Hall–Kier alpha value is -3.68. The molecule has 1 fully saturated rings. The molecule has 1 saturated heterocycles. The van der Waals surface area contributed by atoms with Gasteiger partial charge in [0.25, 0.3) is 0 Å². The number of anilines is 1. The molecule has 1 amide bonds. The molecule has 4 aromatic rings. The average Bonchev–Trinajstić information content (AvgIpc) is 3.21. The first-order chi connectivity index (χ1) is 14.6. The van der Waals surface area contributed by atoms with Crippen LogP contribution in [0.2, 0.25) is 0 Å². The zero-order valence-corrected chi connectivity index (χ0v) is 16.8. The van der Waals surface area contributed by atoms with Gasteiger partial charge in [-0.3, -0.25) is 4.79 Å². The van der Waals surface area contributed by atoms with E-state index < -0.39 is 0 Å². The molecule has 1 atom stereocenters. The number of nitrogens with zero attached hydrogens (tertiary/aromatic N) is 4.